The normalized spacial score (nSPS) is 10.2. The molecule has 2 aromatic carbocycles. The molecule has 0 radical (unpaired) electrons. The molecule has 2 amide bonds. The van der Waals surface area contributed by atoms with Crippen molar-refractivity contribution >= 4 is 23.2 Å². The number of amides is 2. The van der Waals surface area contributed by atoms with Gasteiger partial charge in [0.15, 0.2) is 0 Å². The molecular formula is C18H21N3O2. The number of nitrogens with one attached hydrogen (secondary N) is 2. The summed E-state index contributed by atoms with van der Waals surface area (Å²) in [6.07, 6.45) is 1.07. The van der Waals surface area contributed by atoms with Crippen LogP contribution < -0.4 is 16.4 Å². The zero-order valence-electron chi connectivity index (χ0n) is 13.1. The van der Waals surface area contributed by atoms with Crippen LogP contribution in [0.25, 0.3) is 0 Å². The number of nitrogens with two attached hydrogens (primary N) is 1. The van der Waals surface area contributed by atoms with E-state index in [1.807, 2.05) is 31.2 Å². The molecule has 4 N–H and O–H groups in total. The molecule has 0 fully saturated rings. The molecule has 0 saturated carbocycles. The number of anilines is 2. The summed E-state index contributed by atoms with van der Waals surface area (Å²) in [5.74, 6) is -0.218. The molecular weight excluding hydrogens is 290 g/mol. The summed E-state index contributed by atoms with van der Waals surface area (Å²) in [6, 6.07) is 14.4. The van der Waals surface area contributed by atoms with Gasteiger partial charge < -0.3 is 16.4 Å². The predicted molar refractivity (Wildman–Crippen MR) is 92.5 cm³/mol. The maximum Gasteiger partial charge on any atom is 0.255 e. The summed E-state index contributed by atoms with van der Waals surface area (Å²) in [6.45, 7) is 2.38. The van der Waals surface area contributed by atoms with Crippen LogP contribution in [0, 0.1) is 6.92 Å². The number of rotatable bonds is 6. The molecule has 0 saturated heterocycles. The van der Waals surface area contributed by atoms with Crippen LogP contribution in [-0.4, -0.2) is 18.4 Å². The van der Waals surface area contributed by atoms with Gasteiger partial charge in [-0.25, -0.2) is 0 Å². The molecule has 0 aliphatic heterocycles. The minimum Gasteiger partial charge on any atom is -0.330 e. The van der Waals surface area contributed by atoms with Crippen LogP contribution in [0.4, 0.5) is 11.4 Å². The number of hydrogen-bond donors (Lipinski definition) is 3. The standard InChI is InChI=1S/C18H21N3O2/c1-13-12-15(20-17(22)8-5-11-19)9-10-16(13)21-18(23)14-6-3-2-4-7-14/h2-4,6-7,9-10,12H,5,8,11,19H2,1H3,(H,20,22)(H,21,23). The number of aryl methyl sites for hydroxylation is 1. The largest absolute Gasteiger partial charge is 0.330 e. The molecule has 0 aliphatic carbocycles. The first-order chi connectivity index (χ1) is 11.1. The van der Waals surface area contributed by atoms with Crippen LogP contribution in [0.15, 0.2) is 48.5 Å². The molecule has 2 rings (SSSR count). The Balaban J connectivity index is 2.02. The van der Waals surface area contributed by atoms with E-state index in [2.05, 4.69) is 10.6 Å². The highest BCUT2D eigenvalue weighted by Gasteiger charge is 2.08. The second-order valence-corrected chi connectivity index (χ2v) is 5.29. The maximum absolute atomic E-state index is 12.2. The van der Waals surface area contributed by atoms with E-state index in [9.17, 15) is 9.59 Å². The summed E-state index contributed by atoms with van der Waals surface area (Å²) < 4.78 is 0. The highest BCUT2D eigenvalue weighted by atomic mass is 16.2. The number of carbonyl (C=O) groups is 2. The Morgan fingerprint density at radius 3 is 2.43 bits per heavy atom. The first kappa shape index (κ1) is 16.7. The fraction of sp³-hybridized carbons (Fsp3) is 0.222. The van der Waals surface area contributed by atoms with Crippen molar-refractivity contribution in [3.05, 3.63) is 59.7 Å². The third-order valence-electron chi connectivity index (χ3n) is 3.40. The van der Waals surface area contributed by atoms with E-state index >= 15 is 0 Å². The van der Waals surface area contributed by atoms with Crippen molar-refractivity contribution in [2.45, 2.75) is 19.8 Å². The Morgan fingerprint density at radius 1 is 1.04 bits per heavy atom. The molecule has 120 valence electrons. The van der Waals surface area contributed by atoms with E-state index in [0.717, 1.165) is 11.3 Å². The first-order valence-electron chi connectivity index (χ1n) is 7.57. The molecule has 23 heavy (non-hydrogen) atoms. The lowest BCUT2D eigenvalue weighted by Crippen LogP contribution is -2.14. The van der Waals surface area contributed by atoms with Gasteiger partial charge >= 0.3 is 0 Å². The quantitative estimate of drug-likeness (QED) is 0.767. The minimum absolute atomic E-state index is 0.0593. The number of carbonyl (C=O) groups excluding carboxylic acids is 2. The molecule has 5 heteroatoms. The third kappa shape index (κ3) is 4.93. The van der Waals surface area contributed by atoms with Gasteiger partial charge in [-0.1, -0.05) is 18.2 Å². The van der Waals surface area contributed by atoms with E-state index in [0.29, 0.717) is 30.6 Å². The lowest BCUT2D eigenvalue weighted by Gasteiger charge is -2.11. The maximum atomic E-state index is 12.2. The lowest BCUT2D eigenvalue weighted by molar-refractivity contribution is -0.116. The summed E-state index contributed by atoms with van der Waals surface area (Å²) in [4.78, 5) is 23.8. The lowest BCUT2D eigenvalue weighted by atomic mass is 10.1. The molecule has 0 aliphatic rings. The minimum atomic E-state index is -0.159. The Kier molecular flexibility index (Phi) is 5.88. The van der Waals surface area contributed by atoms with Gasteiger partial charge in [0.2, 0.25) is 5.91 Å². The van der Waals surface area contributed by atoms with Crippen molar-refractivity contribution in [1.29, 1.82) is 0 Å². The molecule has 0 unspecified atom stereocenters. The van der Waals surface area contributed by atoms with Crippen molar-refractivity contribution in [1.82, 2.24) is 0 Å². The first-order valence-corrected chi connectivity index (χ1v) is 7.57. The SMILES string of the molecule is Cc1cc(NC(=O)CCCN)ccc1NC(=O)c1ccccc1. The summed E-state index contributed by atoms with van der Waals surface area (Å²) >= 11 is 0. The fourth-order valence-electron chi connectivity index (χ4n) is 2.15. The topological polar surface area (TPSA) is 84.2 Å². The Bertz CT molecular complexity index is 684. The van der Waals surface area contributed by atoms with Crippen molar-refractivity contribution in [3.8, 4) is 0 Å². The third-order valence-corrected chi connectivity index (χ3v) is 3.40. The monoisotopic (exact) mass is 311 g/mol. The molecule has 2 aromatic rings. The molecule has 5 nitrogen and oxygen atoms in total. The van der Waals surface area contributed by atoms with Gasteiger partial charge in [0.05, 0.1) is 0 Å². The second kappa shape index (κ2) is 8.10. The molecule has 0 bridgehead atoms. The molecule has 0 spiro atoms. The molecule has 0 atom stereocenters. The average Bonchev–Trinajstić information content (AvgIpc) is 2.56. The summed E-state index contributed by atoms with van der Waals surface area (Å²) in [7, 11) is 0. The Morgan fingerprint density at radius 2 is 1.78 bits per heavy atom. The van der Waals surface area contributed by atoms with Crippen molar-refractivity contribution in [2.75, 3.05) is 17.2 Å². The van der Waals surface area contributed by atoms with Gasteiger partial charge in [0, 0.05) is 23.4 Å². The van der Waals surface area contributed by atoms with E-state index < -0.39 is 0 Å². The highest BCUT2D eigenvalue weighted by Crippen LogP contribution is 2.20. The van der Waals surface area contributed by atoms with Crippen molar-refractivity contribution in [3.63, 3.8) is 0 Å². The van der Waals surface area contributed by atoms with Crippen LogP contribution in [0.2, 0.25) is 0 Å². The van der Waals surface area contributed by atoms with Gasteiger partial charge in [-0.3, -0.25) is 9.59 Å². The van der Waals surface area contributed by atoms with Crippen molar-refractivity contribution in [2.24, 2.45) is 5.73 Å². The number of benzene rings is 2. The highest BCUT2D eigenvalue weighted by molar-refractivity contribution is 6.04. The van der Waals surface area contributed by atoms with Gasteiger partial charge in [-0.05, 0) is 55.8 Å². The zero-order chi connectivity index (χ0) is 16.7. The van der Waals surface area contributed by atoms with Gasteiger partial charge in [0.25, 0.3) is 5.91 Å². The summed E-state index contributed by atoms with van der Waals surface area (Å²) in [5, 5.41) is 5.70. The van der Waals surface area contributed by atoms with Crippen LogP contribution in [0.5, 0.6) is 0 Å². The van der Waals surface area contributed by atoms with Crippen LogP contribution >= 0.6 is 0 Å². The second-order valence-electron chi connectivity index (χ2n) is 5.29. The van der Waals surface area contributed by atoms with Gasteiger partial charge in [-0.15, -0.1) is 0 Å². The fourth-order valence-corrected chi connectivity index (χ4v) is 2.15. The number of hydrogen-bond acceptors (Lipinski definition) is 3. The van der Waals surface area contributed by atoms with Crippen molar-refractivity contribution < 1.29 is 9.59 Å². The van der Waals surface area contributed by atoms with Crippen LogP contribution in [0.3, 0.4) is 0 Å². The zero-order valence-corrected chi connectivity index (χ0v) is 13.1. The Hall–Kier alpha value is -2.66. The molecule has 0 heterocycles. The smallest absolute Gasteiger partial charge is 0.255 e. The summed E-state index contributed by atoms with van der Waals surface area (Å²) in [5.41, 5.74) is 8.30. The van der Waals surface area contributed by atoms with Crippen LogP contribution in [-0.2, 0) is 4.79 Å². The Labute approximate surface area is 135 Å². The molecule has 0 aromatic heterocycles. The van der Waals surface area contributed by atoms with Gasteiger partial charge in [0.1, 0.15) is 0 Å². The van der Waals surface area contributed by atoms with E-state index in [4.69, 9.17) is 5.73 Å². The van der Waals surface area contributed by atoms with E-state index in [1.54, 1.807) is 24.3 Å². The van der Waals surface area contributed by atoms with Gasteiger partial charge in [-0.2, -0.15) is 0 Å². The average molecular weight is 311 g/mol. The van der Waals surface area contributed by atoms with Crippen LogP contribution in [0.1, 0.15) is 28.8 Å². The predicted octanol–water partition coefficient (Wildman–Crippen LogP) is 2.92. The van der Waals surface area contributed by atoms with E-state index in [-0.39, 0.29) is 11.8 Å². The van der Waals surface area contributed by atoms with E-state index in [1.165, 1.54) is 0 Å².